The third kappa shape index (κ3) is 3.42. The molecule has 1 amide bonds. The maximum absolute atomic E-state index is 12.1. The van der Waals surface area contributed by atoms with E-state index in [1.807, 2.05) is 0 Å². The summed E-state index contributed by atoms with van der Waals surface area (Å²) in [6.45, 7) is 3.33. The van der Waals surface area contributed by atoms with Gasteiger partial charge in [0.1, 0.15) is 16.3 Å². The third-order valence-corrected chi connectivity index (χ3v) is 3.03. The predicted molar refractivity (Wildman–Crippen MR) is 78.6 cm³/mol. The fourth-order valence-electron chi connectivity index (χ4n) is 1.39. The molecule has 0 aliphatic heterocycles. The summed E-state index contributed by atoms with van der Waals surface area (Å²) < 4.78 is 10.3. The molecule has 1 aromatic carbocycles. The van der Waals surface area contributed by atoms with Crippen molar-refractivity contribution < 1.29 is 14.3 Å². The number of nitrogens with two attached hydrogens (primary N) is 1. The first-order chi connectivity index (χ1) is 8.83. The zero-order valence-electron chi connectivity index (χ0n) is 11.4. The first-order valence-electron chi connectivity index (χ1n) is 5.67. The minimum atomic E-state index is -0.964. The van der Waals surface area contributed by atoms with Crippen LogP contribution in [0.3, 0.4) is 0 Å². The van der Waals surface area contributed by atoms with Gasteiger partial charge in [-0.25, -0.2) is 0 Å². The number of ether oxygens (including phenoxy) is 2. The van der Waals surface area contributed by atoms with Crippen LogP contribution in [0.4, 0.5) is 5.69 Å². The lowest BCUT2D eigenvalue weighted by atomic mass is 10.1. The summed E-state index contributed by atoms with van der Waals surface area (Å²) in [6.07, 6.45) is 0. The summed E-state index contributed by atoms with van der Waals surface area (Å²) in [6, 6.07) is 5.20. The van der Waals surface area contributed by atoms with Crippen LogP contribution in [-0.4, -0.2) is 30.7 Å². The van der Waals surface area contributed by atoms with Crippen LogP contribution >= 0.6 is 12.2 Å². The first kappa shape index (κ1) is 15.4. The molecule has 0 unspecified atom stereocenters. The van der Waals surface area contributed by atoms with E-state index in [0.29, 0.717) is 17.0 Å². The summed E-state index contributed by atoms with van der Waals surface area (Å²) in [7, 11) is 2.98. The largest absolute Gasteiger partial charge is 0.495 e. The van der Waals surface area contributed by atoms with Crippen molar-refractivity contribution in [1.82, 2.24) is 0 Å². The third-order valence-electron chi connectivity index (χ3n) is 2.81. The Balaban J connectivity index is 3.19. The maximum atomic E-state index is 12.1. The van der Waals surface area contributed by atoms with Gasteiger partial charge in [0.15, 0.2) is 0 Å². The van der Waals surface area contributed by atoms with E-state index < -0.39 is 5.60 Å². The molecule has 0 aliphatic carbocycles. The molecular weight excluding hydrogens is 264 g/mol. The van der Waals surface area contributed by atoms with E-state index in [1.54, 1.807) is 32.0 Å². The minimum absolute atomic E-state index is 0.185. The smallest absolute Gasteiger partial charge is 0.256 e. The summed E-state index contributed by atoms with van der Waals surface area (Å²) in [5.41, 5.74) is 5.69. The molecule has 104 valence electrons. The molecule has 3 N–H and O–H groups in total. The van der Waals surface area contributed by atoms with Crippen LogP contribution in [0.5, 0.6) is 5.75 Å². The van der Waals surface area contributed by atoms with E-state index in [2.05, 4.69) is 5.32 Å². The number of amides is 1. The SMILES string of the molecule is COc1cccc(C(N)=S)c1NC(=O)C(C)(C)OC. The van der Waals surface area contributed by atoms with Crippen molar-refractivity contribution in [2.45, 2.75) is 19.4 Å². The number of hydrogen-bond donors (Lipinski definition) is 2. The van der Waals surface area contributed by atoms with Crippen molar-refractivity contribution in [2.75, 3.05) is 19.5 Å². The molecule has 0 atom stereocenters. The van der Waals surface area contributed by atoms with Gasteiger partial charge >= 0.3 is 0 Å². The quantitative estimate of drug-likeness (QED) is 0.804. The molecular formula is C13H18N2O3S. The molecule has 6 heteroatoms. The van der Waals surface area contributed by atoms with Gasteiger partial charge in [-0.3, -0.25) is 4.79 Å². The molecule has 0 fully saturated rings. The molecule has 0 spiro atoms. The zero-order valence-corrected chi connectivity index (χ0v) is 12.3. The van der Waals surface area contributed by atoms with Crippen molar-refractivity contribution in [2.24, 2.45) is 5.73 Å². The monoisotopic (exact) mass is 282 g/mol. The van der Waals surface area contributed by atoms with E-state index in [4.69, 9.17) is 27.4 Å². The fourth-order valence-corrected chi connectivity index (χ4v) is 1.56. The Morgan fingerprint density at radius 1 is 1.37 bits per heavy atom. The van der Waals surface area contributed by atoms with Crippen LogP contribution in [-0.2, 0) is 9.53 Å². The zero-order chi connectivity index (χ0) is 14.6. The molecule has 0 radical (unpaired) electrons. The molecule has 0 saturated heterocycles. The second kappa shape index (κ2) is 5.99. The van der Waals surface area contributed by atoms with Crippen LogP contribution in [0, 0.1) is 0 Å². The molecule has 0 saturated carbocycles. The number of carbonyl (C=O) groups is 1. The number of nitrogens with one attached hydrogen (secondary N) is 1. The Labute approximate surface area is 118 Å². The van der Waals surface area contributed by atoms with E-state index in [0.717, 1.165) is 0 Å². The van der Waals surface area contributed by atoms with Gasteiger partial charge in [-0.2, -0.15) is 0 Å². The normalized spacial score (nSPS) is 10.9. The second-order valence-electron chi connectivity index (χ2n) is 4.42. The second-order valence-corrected chi connectivity index (χ2v) is 4.86. The van der Waals surface area contributed by atoms with Gasteiger partial charge in [0.25, 0.3) is 5.91 Å². The van der Waals surface area contributed by atoms with E-state index in [1.165, 1.54) is 14.2 Å². The van der Waals surface area contributed by atoms with Gasteiger partial charge in [0, 0.05) is 12.7 Å². The Morgan fingerprint density at radius 2 is 2.00 bits per heavy atom. The molecule has 0 bridgehead atoms. The summed E-state index contributed by atoms with van der Waals surface area (Å²) >= 11 is 4.97. The number of carbonyl (C=O) groups excluding carboxylic acids is 1. The maximum Gasteiger partial charge on any atom is 0.256 e. The lowest BCUT2D eigenvalue weighted by molar-refractivity contribution is -0.133. The van der Waals surface area contributed by atoms with Crippen LogP contribution in [0.2, 0.25) is 0 Å². The van der Waals surface area contributed by atoms with Crippen molar-refractivity contribution in [3.63, 3.8) is 0 Å². The lowest BCUT2D eigenvalue weighted by Gasteiger charge is -2.23. The van der Waals surface area contributed by atoms with E-state index in [-0.39, 0.29) is 10.9 Å². The van der Waals surface area contributed by atoms with Gasteiger partial charge in [-0.15, -0.1) is 0 Å². The molecule has 1 aromatic rings. The van der Waals surface area contributed by atoms with Crippen molar-refractivity contribution in [1.29, 1.82) is 0 Å². The Kier molecular flexibility index (Phi) is 4.85. The fraction of sp³-hybridized carbons (Fsp3) is 0.385. The lowest BCUT2D eigenvalue weighted by Crippen LogP contribution is -2.39. The predicted octanol–water partition coefficient (Wildman–Crippen LogP) is 1.69. The number of benzene rings is 1. The van der Waals surface area contributed by atoms with Crippen molar-refractivity contribution in [3.8, 4) is 5.75 Å². The van der Waals surface area contributed by atoms with Crippen LogP contribution in [0.25, 0.3) is 0 Å². The highest BCUT2D eigenvalue weighted by Crippen LogP contribution is 2.29. The standard InChI is InChI=1S/C13H18N2O3S/c1-13(2,18-4)12(16)15-10-8(11(14)19)6-5-7-9(10)17-3/h5-7H,1-4H3,(H2,14,19)(H,15,16). The highest BCUT2D eigenvalue weighted by atomic mass is 32.1. The van der Waals surface area contributed by atoms with Crippen molar-refractivity contribution in [3.05, 3.63) is 23.8 Å². The molecule has 0 heterocycles. The molecule has 0 aliphatic rings. The Hall–Kier alpha value is -1.66. The van der Waals surface area contributed by atoms with Gasteiger partial charge in [-0.05, 0) is 26.0 Å². The average molecular weight is 282 g/mol. The first-order valence-corrected chi connectivity index (χ1v) is 6.07. The molecule has 5 nitrogen and oxygen atoms in total. The number of methoxy groups -OCH3 is 2. The Morgan fingerprint density at radius 3 is 2.47 bits per heavy atom. The molecule has 1 rings (SSSR count). The van der Waals surface area contributed by atoms with Gasteiger partial charge in [0.05, 0.1) is 12.8 Å². The summed E-state index contributed by atoms with van der Waals surface area (Å²) in [5.74, 6) is 0.183. The van der Waals surface area contributed by atoms with Gasteiger partial charge in [0.2, 0.25) is 0 Å². The molecule has 19 heavy (non-hydrogen) atoms. The summed E-state index contributed by atoms with van der Waals surface area (Å²) in [4.78, 5) is 12.3. The molecule has 0 aromatic heterocycles. The van der Waals surface area contributed by atoms with Crippen LogP contribution in [0.1, 0.15) is 19.4 Å². The number of anilines is 1. The van der Waals surface area contributed by atoms with Crippen LogP contribution in [0.15, 0.2) is 18.2 Å². The minimum Gasteiger partial charge on any atom is -0.495 e. The van der Waals surface area contributed by atoms with Gasteiger partial charge in [-0.1, -0.05) is 18.3 Å². The van der Waals surface area contributed by atoms with Crippen LogP contribution < -0.4 is 15.8 Å². The number of para-hydroxylation sites is 1. The average Bonchev–Trinajstić information content (AvgIpc) is 2.38. The van der Waals surface area contributed by atoms with E-state index >= 15 is 0 Å². The summed E-state index contributed by atoms with van der Waals surface area (Å²) in [5, 5.41) is 2.75. The highest BCUT2D eigenvalue weighted by Gasteiger charge is 2.28. The van der Waals surface area contributed by atoms with E-state index in [9.17, 15) is 4.79 Å². The highest BCUT2D eigenvalue weighted by molar-refractivity contribution is 7.80. The number of hydrogen-bond acceptors (Lipinski definition) is 4. The Bertz CT molecular complexity index is 501. The van der Waals surface area contributed by atoms with Crippen molar-refractivity contribution >= 4 is 28.8 Å². The van der Waals surface area contributed by atoms with Gasteiger partial charge < -0.3 is 20.5 Å². The topological polar surface area (TPSA) is 73.6 Å². The number of rotatable bonds is 5. The number of thiocarbonyl (C=S) groups is 1.